The van der Waals surface area contributed by atoms with Gasteiger partial charge in [-0.05, 0) is 18.2 Å². The predicted molar refractivity (Wildman–Crippen MR) is 89.0 cm³/mol. The molecule has 2 aromatic carbocycles. The predicted octanol–water partition coefficient (Wildman–Crippen LogP) is 4.42. The Labute approximate surface area is 133 Å². The van der Waals surface area contributed by atoms with Gasteiger partial charge in [0.15, 0.2) is 5.82 Å². The summed E-state index contributed by atoms with van der Waals surface area (Å²) in [6.07, 6.45) is 1.95. The van der Waals surface area contributed by atoms with E-state index in [1.807, 2.05) is 42.6 Å². The number of rotatable bonds is 2. The zero-order valence-corrected chi connectivity index (χ0v) is 12.9. The van der Waals surface area contributed by atoms with Gasteiger partial charge in [-0.3, -0.25) is 0 Å². The van der Waals surface area contributed by atoms with Gasteiger partial charge in [-0.2, -0.15) is 0 Å². The third-order valence-corrected chi connectivity index (χ3v) is 4.83. The maximum absolute atomic E-state index is 5.32. The quantitative estimate of drug-likeness (QED) is 0.702. The lowest BCUT2D eigenvalue weighted by Crippen LogP contribution is -2.02. The highest BCUT2D eigenvalue weighted by Crippen LogP contribution is 2.42. The smallest absolute Gasteiger partial charge is 0.159 e. The molecule has 22 heavy (non-hydrogen) atoms. The molecule has 0 aliphatic carbocycles. The van der Waals surface area contributed by atoms with Crippen molar-refractivity contribution in [3.63, 3.8) is 0 Å². The van der Waals surface area contributed by atoms with Gasteiger partial charge in [0.1, 0.15) is 5.75 Å². The molecule has 4 rings (SSSR count). The van der Waals surface area contributed by atoms with E-state index in [0.29, 0.717) is 0 Å². The van der Waals surface area contributed by atoms with Crippen molar-refractivity contribution in [3.8, 4) is 28.4 Å². The Bertz CT molecular complexity index is 834. The summed E-state index contributed by atoms with van der Waals surface area (Å²) in [6.45, 7) is 0. The van der Waals surface area contributed by atoms with E-state index in [9.17, 15) is 0 Å². The Kier molecular flexibility index (Phi) is 3.31. The molecule has 4 heteroatoms. The molecule has 1 aromatic heterocycles. The summed E-state index contributed by atoms with van der Waals surface area (Å²) in [4.78, 5) is 10.5. The highest BCUT2D eigenvalue weighted by atomic mass is 32.2. The number of thioether (sulfide) groups is 1. The monoisotopic (exact) mass is 306 g/mol. The summed E-state index contributed by atoms with van der Waals surface area (Å²) in [6, 6.07) is 16.2. The molecular formula is C18H14N2OS. The molecule has 1 aliphatic heterocycles. The van der Waals surface area contributed by atoms with Crippen LogP contribution in [0.3, 0.4) is 0 Å². The molecule has 3 nitrogen and oxygen atoms in total. The Balaban J connectivity index is 1.85. The molecule has 0 spiro atoms. The number of hydrogen-bond donors (Lipinski definition) is 0. The fraction of sp³-hybridized carbons (Fsp3) is 0.111. The normalized spacial score (nSPS) is 12.4. The van der Waals surface area contributed by atoms with Gasteiger partial charge < -0.3 is 4.74 Å². The standard InChI is InChI=1S/C18H14N2OS/c1-21-14-7-8-15-16(9-14)22-11-13-10-19-18(20-17(13)15)12-5-3-2-4-6-12/h2-10H,11H2,1H3. The molecule has 0 fully saturated rings. The fourth-order valence-corrected chi connectivity index (χ4v) is 3.61. The Morgan fingerprint density at radius 2 is 1.95 bits per heavy atom. The van der Waals surface area contributed by atoms with Gasteiger partial charge >= 0.3 is 0 Å². The maximum Gasteiger partial charge on any atom is 0.159 e. The Morgan fingerprint density at radius 3 is 2.77 bits per heavy atom. The molecule has 0 atom stereocenters. The van der Waals surface area contributed by atoms with E-state index in [4.69, 9.17) is 9.72 Å². The highest BCUT2D eigenvalue weighted by molar-refractivity contribution is 7.98. The van der Waals surface area contributed by atoms with Gasteiger partial charge in [-0.15, -0.1) is 11.8 Å². The first-order valence-corrected chi connectivity index (χ1v) is 8.06. The molecule has 0 saturated heterocycles. The van der Waals surface area contributed by atoms with Crippen molar-refractivity contribution in [1.82, 2.24) is 9.97 Å². The Hall–Kier alpha value is -2.33. The molecule has 0 bridgehead atoms. The molecule has 0 N–H and O–H groups in total. The van der Waals surface area contributed by atoms with E-state index in [1.54, 1.807) is 18.9 Å². The minimum atomic E-state index is 0.771. The molecule has 0 radical (unpaired) electrons. The second-order valence-electron chi connectivity index (χ2n) is 5.08. The summed E-state index contributed by atoms with van der Waals surface area (Å²) in [7, 11) is 1.69. The summed E-state index contributed by atoms with van der Waals surface area (Å²) in [5.74, 6) is 2.55. The molecule has 0 saturated carbocycles. The number of fused-ring (bicyclic) bond motifs is 3. The SMILES string of the molecule is COc1ccc2c(c1)SCc1cnc(-c3ccccc3)nc1-2. The third-order valence-electron chi connectivity index (χ3n) is 3.72. The van der Waals surface area contributed by atoms with Crippen LogP contribution in [0.5, 0.6) is 5.75 Å². The molecule has 2 heterocycles. The lowest BCUT2D eigenvalue weighted by Gasteiger charge is -2.19. The van der Waals surface area contributed by atoms with Crippen molar-refractivity contribution >= 4 is 11.8 Å². The molecule has 1 aliphatic rings. The van der Waals surface area contributed by atoms with Gasteiger partial charge in [0.2, 0.25) is 0 Å². The zero-order chi connectivity index (χ0) is 14.9. The van der Waals surface area contributed by atoms with Crippen LogP contribution < -0.4 is 4.74 Å². The second-order valence-corrected chi connectivity index (χ2v) is 6.10. The first-order valence-electron chi connectivity index (χ1n) is 7.08. The third kappa shape index (κ3) is 2.25. The van der Waals surface area contributed by atoms with Gasteiger partial charge in [0, 0.05) is 33.5 Å². The van der Waals surface area contributed by atoms with E-state index in [0.717, 1.165) is 34.1 Å². The van der Waals surface area contributed by atoms with Crippen molar-refractivity contribution in [3.05, 3.63) is 60.3 Å². The van der Waals surface area contributed by atoms with Crippen LogP contribution in [0, 0.1) is 0 Å². The van der Waals surface area contributed by atoms with Crippen molar-refractivity contribution in [2.75, 3.05) is 7.11 Å². The van der Waals surface area contributed by atoms with Crippen LogP contribution in [0.4, 0.5) is 0 Å². The highest BCUT2D eigenvalue weighted by Gasteiger charge is 2.20. The summed E-state index contributed by atoms with van der Waals surface area (Å²) >= 11 is 1.80. The topological polar surface area (TPSA) is 35.0 Å². The first-order chi connectivity index (χ1) is 10.8. The lowest BCUT2D eigenvalue weighted by atomic mass is 10.1. The van der Waals surface area contributed by atoms with Gasteiger partial charge in [0.05, 0.1) is 12.8 Å². The molecular weight excluding hydrogens is 292 g/mol. The van der Waals surface area contributed by atoms with Crippen molar-refractivity contribution in [2.24, 2.45) is 0 Å². The van der Waals surface area contributed by atoms with Gasteiger partial charge in [-0.1, -0.05) is 30.3 Å². The number of hydrogen-bond acceptors (Lipinski definition) is 4. The number of methoxy groups -OCH3 is 1. The summed E-state index contributed by atoms with van der Waals surface area (Å²) in [5, 5.41) is 0. The van der Waals surface area contributed by atoms with Gasteiger partial charge in [-0.25, -0.2) is 9.97 Å². The van der Waals surface area contributed by atoms with Crippen LogP contribution in [-0.2, 0) is 5.75 Å². The van der Waals surface area contributed by atoms with E-state index in [1.165, 1.54) is 10.5 Å². The average Bonchev–Trinajstić information content (AvgIpc) is 2.61. The van der Waals surface area contributed by atoms with E-state index in [2.05, 4.69) is 17.1 Å². The number of ether oxygens (including phenoxy) is 1. The minimum absolute atomic E-state index is 0.771. The zero-order valence-electron chi connectivity index (χ0n) is 12.1. The van der Waals surface area contributed by atoms with E-state index < -0.39 is 0 Å². The largest absolute Gasteiger partial charge is 0.497 e. The molecule has 3 aromatic rings. The van der Waals surface area contributed by atoms with Gasteiger partial charge in [0.25, 0.3) is 0 Å². The first kappa shape index (κ1) is 13.3. The van der Waals surface area contributed by atoms with Crippen LogP contribution in [0.25, 0.3) is 22.6 Å². The number of nitrogens with zero attached hydrogens (tertiary/aromatic N) is 2. The summed E-state index contributed by atoms with van der Waals surface area (Å²) < 4.78 is 5.32. The molecule has 108 valence electrons. The van der Waals surface area contributed by atoms with Crippen LogP contribution in [0.1, 0.15) is 5.56 Å². The average molecular weight is 306 g/mol. The fourth-order valence-electron chi connectivity index (χ4n) is 2.57. The van der Waals surface area contributed by atoms with E-state index in [-0.39, 0.29) is 0 Å². The van der Waals surface area contributed by atoms with Crippen LogP contribution >= 0.6 is 11.8 Å². The van der Waals surface area contributed by atoms with Crippen molar-refractivity contribution in [1.29, 1.82) is 0 Å². The van der Waals surface area contributed by atoms with Crippen LogP contribution in [0.2, 0.25) is 0 Å². The van der Waals surface area contributed by atoms with Crippen LogP contribution in [0.15, 0.2) is 59.6 Å². The summed E-state index contributed by atoms with van der Waals surface area (Å²) in [5.41, 5.74) is 4.41. The van der Waals surface area contributed by atoms with Crippen molar-refractivity contribution in [2.45, 2.75) is 10.6 Å². The lowest BCUT2D eigenvalue weighted by molar-refractivity contribution is 0.414. The van der Waals surface area contributed by atoms with E-state index >= 15 is 0 Å². The maximum atomic E-state index is 5.32. The minimum Gasteiger partial charge on any atom is -0.497 e. The van der Waals surface area contributed by atoms with Crippen LogP contribution in [-0.4, -0.2) is 17.1 Å². The molecule has 0 amide bonds. The number of aromatic nitrogens is 2. The Morgan fingerprint density at radius 1 is 1.09 bits per heavy atom. The van der Waals surface area contributed by atoms with Crippen molar-refractivity contribution < 1.29 is 4.74 Å². The second kappa shape index (κ2) is 5.46. The molecule has 0 unspecified atom stereocenters. The number of benzene rings is 2.